The number of nitrogens with one attached hydrogen (secondary N) is 1. The highest BCUT2D eigenvalue weighted by molar-refractivity contribution is 6.36. The number of halogens is 2. The molecule has 0 aliphatic rings. The van der Waals surface area contributed by atoms with Gasteiger partial charge in [0.2, 0.25) is 0 Å². The third-order valence-electron chi connectivity index (χ3n) is 3.43. The first-order valence-corrected chi connectivity index (χ1v) is 7.14. The number of H-pyrrole nitrogens is 1. The van der Waals surface area contributed by atoms with E-state index in [1.807, 2.05) is 6.92 Å². The minimum atomic E-state index is -0.545. The number of aryl methyl sites for hydroxylation is 1. The quantitative estimate of drug-likeness (QED) is 0.670. The molecule has 0 aliphatic heterocycles. The Kier molecular flexibility index (Phi) is 3.47. The van der Waals surface area contributed by atoms with Gasteiger partial charge in [0.05, 0.1) is 21.6 Å². The van der Waals surface area contributed by atoms with E-state index in [9.17, 15) is 9.59 Å². The summed E-state index contributed by atoms with van der Waals surface area (Å²) in [7, 11) is 0. The lowest BCUT2D eigenvalue weighted by molar-refractivity contribution is 0.0961. The van der Waals surface area contributed by atoms with Gasteiger partial charge in [-0.25, -0.2) is 9.36 Å². The Morgan fingerprint density at radius 3 is 2.64 bits per heavy atom. The Labute approximate surface area is 135 Å². The monoisotopic (exact) mass is 335 g/mol. The lowest BCUT2D eigenvalue weighted by atomic mass is 10.1. The summed E-state index contributed by atoms with van der Waals surface area (Å²) >= 11 is 11.9. The highest BCUT2D eigenvalue weighted by Crippen LogP contribution is 2.24. The van der Waals surface area contributed by atoms with Crippen LogP contribution in [0, 0.1) is 6.92 Å². The minimum absolute atomic E-state index is 0.179. The van der Waals surface area contributed by atoms with Crippen molar-refractivity contribution in [3.8, 4) is 0 Å². The van der Waals surface area contributed by atoms with Crippen molar-refractivity contribution in [2.75, 3.05) is 5.73 Å². The first-order valence-electron chi connectivity index (χ1n) is 6.39. The first kappa shape index (κ1) is 14.7. The number of anilines is 1. The van der Waals surface area contributed by atoms with E-state index in [-0.39, 0.29) is 10.6 Å². The number of rotatable bonds is 1. The molecule has 0 unspecified atom stereocenters. The zero-order valence-corrected chi connectivity index (χ0v) is 13.0. The number of carbonyl (C=O) groups is 1. The molecule has 2 aromatic carbocycles. The third kappa shape index (κ3) is 2.28. The highest BCUT2D eigenvalue weighted by Gasteiger charge is 2.19. The molecule has 22 heavy (non-hydrogen) atoms. The summed E-state index contributed by atoms with van der Waals surface area (Å²) in [5.74, 6) is -0.541. The summed E-state index contributed by atoms with van der Waals surface area (Å²) in [5, 5.41) is 0.589. The molecule has 0 atom stereocenters. The molecule has 0 saturated carbocycles. The fourth-order valence-corrected chi connectivity index (χ4v) is 2.75. The van der Waals surface area contributed by atoms with E-state index in [0.717, 1.165) is 10.1 Å². The molecular weight excluding hydrogens is 325 g/mol. The van der Waals surface area contributed by atoms with E-state index in [1.54, 1.807) is 18.2 Å². The topological polar surface area (TPSA) is 80.9 Å². The van der Waals surface area contributed by atoms with Crippen molar-refractivity contribution in [1.82, 2.24) is 9.55 Å². The molecule has 0 bridgehead atoms. The fourth-order valence-electron chi connectivity index (χ4n) is 2.26. The molecule has 7 heteroatoms. The van der Waals surface area contributed by atoms with Gasteiger partial charge in [0, 0.05) is 10.7 Å². The number of hydrogen-bond acceptors (Lipinski definition) is 3. The Hall–Kier alpha value is -2.24. The predicted molar refractivity (Wildman–Crippen MR) is 87.9 cm³/mol. The van der Waals surface area contributed by atoms with Crippen molar-refractivity contribution in [2.24, 2.45) is 0 Å². The molecule has 3 N–H and O–H groups in total. The van der Waals surface area contributed by atoms with E-state index in [1.165, 1.54) is 12.1 Å². The van der Waals surface area contributed by atoms with Crippen LogP contribution in [0.25, 0.3) is 11.0 Å². The molecule has 0 saturated heterocycles. The molecule has 1 heterocycles. The van der Waals surface area contributed by atoms with Gasteiger partial charge in [0.15, 0.2) is 0 Å². The number of aromatic amines is 1. The maximum Gasteiger partial charge on any atom is 0.333 e. The van der Waals surface area contributed by atoms with Crippen molar-refractivity contribution in [2.45, 2.75) is 6.92 Å². The van der Waals surface area contributed by atoms with Gasteiger partial charge in [-0.15, -0.1) is 0 Å². The number of aromatic nitrogens is 2. The molecule has 1 aromatic heterocycles. The van der Waals surface area contributed by atoms with E-state index in [4.69, 9.17) is 28.9 Å². The van der Waals surface area contributed by atoms with Crippen molar-refractivity contribution >= 4 is 45.8 Å². The highest BCUT2D eigenvalue weighted by atomic mass is 35.5. The average molecular weight is 336 g/mol. The van der Waals surface area contributed by atoms with Gasteiger partial charge in [0.25, 0.3) is 5.91 Å². The molecule has 3 rings (SSSR count). The average Bonchev–Trinajstić information content (AvgIpc) is 2.74. The molecule has 0 radical (unpaired) electrons. The molecule has 5 nitrogen and oxygen atoms in total. The summed E-state index contributed by atoms with van der Waals surface area (Å²) in [6.45, 7) is 1.82. The molecular formula is C15H11Cl2N3O2. The maximum atomic E-state index is 12.6. The molecule has 0 aliphatic carbocycles. The number of hydrogen-bond donors (Lipinski definition) is 2. The Morgan fingerprint density at radius 1 is 1.23 bits per heavy atom. The smallest absolute Gasteiger partial charge is 0.333 e. The van der Waals surface area contributed by atoms with Crippen LogP contribution >= 0.6 is 23.2 Å². The Morgan fingerprint density at radius 2 is 1.95 bits per heavy atom. The minimum Gasteiger partial charge on any atom is -0.398 e. The van der Waals surface area contributed by atoms with Gasteiger partial charge < -0.3 is 10.7 Å². The summed E-state index contributed by atoms with van der Waals surface area (Å²) in [6, 6.07) is 7.78. The van der Waals surface area contributed by atoms with Crippen molar-refractivity contribution < 1.29 is 4.79 Å². The van der Waals surface area contributed by atoms with Gasteiger partial charge in [0.1, 0.15) is 0 Å². The summed E-state index contributed by atoms with van der Waals surface area (Å²) in [5.41, 5.74) is 7.77. The summed E-state index contributed by atoms with van der Waals surface area (Å²) in [4.78, 5) is 27.4. The van der Waals surface area contributed by atoms with Crippen LogP contribution in [0.2, 0.25) is 10.0 Å². The van der Waals surface area contributed by atoms with E-state index in [0.29, 0.717) is 21.7 Å². The van der Waals surface area contributed by atoms with Crippen LogP contribution in [0.3, 0.4) is 0 Å². The van der Waals surface area contributed by atoms with Crippen molar-refractivity contribution in [3.63, 3.8) is 0 Å². The number of benzene rings is 2. The second-order valence-corrected chi connectivity index (χ2v) is 5.76. The second kappa shape index (κ2) is 5.19. The standard InChI is InChI=1S/C15H11Cl2N3O2/c1-7-4-12-13(6-11(7)18)20(15(22)19-12)14(21)9-3-2-8(16)5-10(9)17/h2-6H,18H2,1H3,(H,19,22). The first-order chi connectivity index (χ1) is 10.4. The normalized spacial score (nSPS) is 11.0. The SMILES string of the molecule is Cc1cc2[nH]c(=O)n(C(=O)c3ccc(Cl)cc3Cl)c2cc1N. The predicted octanol–water partition coefficient (Wildman–Crippen LogP) is 3.22. The molecule has 0 fully saturated rings. The van der Waals surface area contributed by atoms with Crippen molar-refractivity contribution in [1.29, 1.82) is 0 Å². The van der Waals surface area contributed by atoms with E-state index < -0.39 is 11.6 Å². The third-order valence-corrected chi connectivity index (χ3v) is 3.98. The van der Waals surface area contributed by atoms with Gasteiger partial charge in [-0.1, -0.05) is 23.2 Å². The number of nitrogens with zero attached hydrogens (tertiary/aromatic N) is 1. The number of fused-ring (bicyclic) bond motifs is 1. The van der Waals surface area contributed by atoms with Gasteiger partial charge in [-0.05, 0) is 42.8 Å². The molecule has 0 amide bonds. The maximum absolute atomic E-state index is 12.6. The Balaban J connectivity index is 2.25. The van der Waals surface area contributed by atoms with E-state index in [2.05, 4.69) is 4.98 Å². The molecule has 0 spiro atoms. The van der Waals surface area contributed by atoms with E-state index >= 15 is 0 Å². The molecule has 112 valence electrons. The van der Waals surface area contributed by atoms with Crippen LogP contribution in [0.5, 0.6) is 0 Å². The van der Waals surface area contributed by atoms with Gasteiger partial charge in [-0.3, -0.25) is 4.79 Å². The van der Waals surface area contributed by atoms with Crippen LogP contribution < -0.4 is 11.4 Å². The van der Waals surface area contributed by atoms with Crippen molar-refractivity contribution in [3.05, 3.63) is 62.0 Å². The number of carbonyl (C=O) groups excluding carboxylic acids is 1. The number of imidazole rings is 1. The van der Waals surface area contributed by atoms with Crippen LogP contribution in [-0.2, 0) is 0 Å². The number of nitrogens with two attached hydrogens (primary N) is 1. The Bertz CT molecular complexity index is 973. The number of nitrogen functional groups attached to an aromatic ring is 1. The van der Waals surface area contributed by atoms with Crippen LogP contribution in [-0.4, -0.2) is 15.5 Å². The zero-order valence-electron chi connectivity index (χ0n) is 11.5. The van der Waals surface area contributed by atoms with Gasteiger partial charge >= 0.3 is 5.69 Å². The fraction of sp³-hybridized carbons (Fsp3) is 0.0667. The summed E-state index contributed by atoms with van der Waals surface area (Å²) < 4.78 is 1.01. The van der Waals surface area contributed by atoms with Crippen LogP contribution in [0.4, 0.5) is 5.69 Å². The molecule has 3 aromatic rings. The van der Waals surface area contributed by atoms with Crippen LogP contribution in [0.1, 0.15) is 15.9 Å². The second-order valence-electron chi connectivity index (χ2n) is 4.92. The lowest BCUT2D eigenvalue weighted by Crippen LogP contribution is -2.25. The largest absolute Gasteiger partial charge is 0.398 e. The summed E-state index contributed by atoms with van der Waals surface area (Å²) in [6.07, 6.45) is 0. The zero-order chi connectivity index (χ0) is 16.0. The van der Waals surface area contributed by atoms with Crippen LogP contribution in [0.15, 0.2) is 35.1 Å². The van der Waals surface area contributed by atoms with Gasteiger partial charge in [-0.2, -0.15) is 0 Å². The lowest BCUT2D eigenvalue weighted by Gasteiger charge is -2.06.